The minimum Gasteiger partial charge on any atom is -0.371 e. The summed E-state index contributed by atoms with van der Waals surface area (Å²) in [6.07, 6.45) is 9.29. The third-order valence-electron chi connectivity index (χ3n) is 19.2. The highest BCUT2D eigenvalue weighted by molar-refractivity contribution is 6.25. The van der Waals surface area contributed by atoms with Crippen molar-refractivity contribution < 1.29 is 38.0 Å². The summed E-state index contributed by atoms with van der Waals surface area (Å²) in [5, 5.41) is 8.47. The number of aromatic nitrogens is 3. The molecule has 2 atom stereocenters. The van der Waals surface area contributed by atoms with Crippen molar-refractivity contribution in [3.8, 4) is 11.3 Å². The fourth-order valence-corrected chi connectivity index (χ4v) is 14.7. The van der Waals surface area contributed by atoms with Crippen molar-refractivity contribution in [1.29, 1.82) is 0 Å². The van der Waals surface area contributed by atoms with Crippen LogP contribution in [0.4, 0.5) is 27.3 Å². The number of hydrogen-bond donors (Lipinski definition) is 3. The van der Waals surface area contributed by atoms with Gasteiger partial charge in [0.15, 0.2) is 5.82 Å². The molecule has 1 saturated carbocycles. The zero-order valence-electron chi connectivity index (χ0n) is 48.0. The van der Waals surface area contributed by atoms with Gasteiger partial charge in [0.1, 0.15) is 17.4 Å². The molecule has 3 N–H and O–H groups in total. The van der Waals surface area contributed by atoms with Crippen LogP contribution in [0.2, 0.25) is 0 Å². The smallest absolute Gasteiger partial charge is 0.264 e. The lowest BCUT2D eigenvalue weighted by molar-refractivity contribution is -0.144. The van der Waals surface area contributed by atoms with Crippen LogP contribution in [-0.4, -0.2) is 159 Å². The van der Waals surface area contributed by atoms with E-state index in [-0.39, 0.29) is 71.8 Å². The van der Waals surface area contributed by atoms with Crippen molar-refractivity contribution in [3.63, 3.8) is 0 Å². The highest BCUT2D eigenvalue weighted by Gasteiger charge is 2.56. The van der Waals surface area contributed by atoms with E-state index in [1.165, 1.54) is 31.4 Å². The van der Waals surface area contributed by atoms with Crippen LogP contribution < -0.4 is 25.8 Å². The average molecular weight is 1130 g/mol. The van der Waals surface area contributed by atoms with E-state index in [0.29, 0.717) is 103 Å². The monoisotopic (exact) mass is 1130 g/mol. The third-order valence-corrected chi connectivity index (χ3v) is 19.2. The molecule has 8 aliphatic rings. The Morgan fingerprint density at radius 2 is 1.60 bits per heavy atom. The number of piperidine rings is 3. The van der Waals surface area contributed by atoms with Gasteiger partial charge >= 0.3 is 0 Å². The second-order valence-corrected chi connectivity index (χ2v) is 25.2. The zero-order valence-corrected chi connectivity index (χ0v) is 48.0. The number of likely N-dealkylation sites (tertiary alicyclic amines) is 3. The summed E-state index contributed by atoms with van der Waals surface area (Å²) in [6.45, 7) is 16.2. The maximum Gasteiger partial charge on any atom is 0.264 e. The van der Waals surface area contributed by atoms with E-state index in [2.05, 4.69) is 47.7 Å². The van der Waals surface area contributed by atoms with Gasteiger partial charge in [0, 0.05) is 93.2 Å². The zero-order chi connectivity index (χ0) is 57.7. The molecule has 83 heavy (non-hydrogen) atoms. The molecule has 13 rings (SSSR count). The van der Waals surface area contributed by atoms with Gasteiger partial charge in [-0.25, -0.2) is 14.4 Å². The molecule has 20 heteroatoms. The number of rotatable bonds is 13. The molecule has 3 aromatic carbocycles. The molecule has 0 bridgehead atoms. The number of nitrogens with zero attached hydrogens (tertiary/aromatic N) is 9. The number of halogens is 1. The van der Waals surface area contributed by atoms with Crippen molar-refractivity contribution in [2.24, 2.45) is 11.8 Å². The Labute approximate surface area is 482 Å². The first-order valence-corrected chi connectivity index (χ1v) is 30.0. The molecule has 2 unspecified atom stereocenters. The number of aryl methyl sites for hydroxylation is 1. The fraction of sp³-hybridized carbons (Fsp3) is 0.508. The highest BCUT2D eigenvalue weighted by atomic mass is 19.1. The lowest BCUT2D eigenvalue weighted by atomic mass is 9.73. The van der Waals surface area contributed by atoms with Crippen molar-refractivity contribution >= 4 is 75.3 Å². The number of imide groups is 2. The van der Waals surface area contributed by atoms with Crippen molar-refractivity contribution in [2.45, 2.75) is 134 Å². The highest BCUT2D eigenvalue weighted by Crippen LogP contribution is 2.53. The topological polar surface area (TPSA) is 206 Å². The van der Waals surface area contributed by atoms with Gasteiger partial charge in [-0.2, -0.15) is 0 Å². The van der Waals surface area contributed by atoms with Crippen LogP contribution in [-0.2, 0) is 24.6 Å². The minimum absolute atomic E-state index is 0.00890. The van der Waals surface area contributed by atoms with E-state index in [4.69, 9.17) is 9.97 Å². The summed E-state index contributed by atoms with van der Waals surface area (Å²) in [4.78, 5) is 117. The molecule has 0 radical (unpaired) electrons. The molecule has 2 aromatic heterocycles. The molecule has 5 saturated heterocycles. The normalized spacial score (nSPS) is 23.8. The van der Waals surface area contributed by atoms with Gasteiger partial charge < -0.3 is 39.7 Å². The molecule has 7 aliphatic heterocycles. The molecular formula is C63H73FN12O7. The predicted molar refractivity (Wildman–Crippen MR) is 311 cm³/mol. The van der Waals surface area contributed by atoms with Crippen LogP contribution in [0.3, 0.4) is 0 Å². The number of amides is 7. The van der Waals surface area contributed by atoms with E-state index in [1.54, 1.807) is 25.4 Å². The van der Waals surface area contributed by atoms with E-state index < -0.39 is 40.9 Å². The second-order valence-electron chi connectivity index (χ2n) is 25.2. The maximum atomic E-state index is 16.0. The van der Waals surface area contributed by atoms with Crippen LogP contribution in [0.5, 0.6) is 0 Å². The fourth-order valence-electron chi connectivity index (χ4n) is 14.7. The summed E-state index contributed by atoms with van der Waals surface area (Å²) in [7, 11) is 0. The van der Waals surface area contributed by atoms with Crippen molar-refractivity contribution in [1.82, 2.24) is 44.8 Å². The molecule has 1 aliphatic carbocycles. The first-order chi connectivity index (χ1) is 39.9. The molecule has 434 valence electrons. The van der Waals surface area contributed by atoms with E-state index in [1.807, 2.05) is 55.4 Å². The van der Waals surface area contributed by atoms with Gasteiger partial charge in [-0.15, -0.1) is 0 Å². The summed E-state index contributed by atoms with van der Waals surface area (Å²) < 4.78 is 17.9. The second kappa shape index (κ2) is 21.2. The van der Waals surface area contributed by atoms with Crippen LogP contribution in [0.1, 0.15) is 140 Å². The Balaban J connectivity index is 0.706. The number of fused-ring (bicyclic) bond motifs is 4. The van der Waals surface area contributed by atoms with Gasteiger partial charge in [0.05, 0.1) is 51.4 Å². The maximum absolute atomic E-state index is 16.0. The van der Waals surface area contributed by atoms with Gasteiger partial charge in [-0.3, -0.25) is 43.8 Å². The standard InChI is InChI=1S/C63H73FN12O7/c1-35(2)66-57(78)44-28-48(46(64)24-37(44)5)68-56-55-49(65-34-74(55)36(3)4)29-47(67-56)39-12-13-45-52(25-39)75(42-26-41(27-42)71-19-7-6-8-20-71)62(83)63(45)17-22-72(23-18-63)59(80)40-32-70(33-40)30-38-16-21-73(31-38)50-11-9-10-43-54(50)61(82)76(60(43)81)51-14-15-53(77)69-58(51)79/h9-13,24-25,28-29,34-36,38,40-42,51H,6-8,14-23,26-27,30-33H2,1-5H3,(H,66,78)(H,67,68)(H,69,77,79). The molecule has 1 spiro atoms. The Morgan fingerprint density at radius 1 is 0.831 bits per heavy atom. The van der Waals surface area contributed by atoms with Crippen molar-refractivity contribution in [3.05, 3.63) is 94.6 Å². The van der Waals surface area contributed by atoms with Crippen LogP contribution >= 0.6 is 0 Å². The molecule has 19 nitrogen and oxygen atoms in total. The predicted octanol–water partition coefficient (Wildman–Crippen LogP) is 7.09. The minimum atomic E-state index is -1.03. The number of imidazole rings is 1. The number of anilines is 4. The van der Waals surface area contributed by atoms with Crippen LogP contribution in [0, 0.1) is 24.6 Å². The lowest BCUT2D eigenvalue weighted by Gasteiger charge is -2.48. The lowest BCUT2D eigenvalue weighted by Crippen LogP contribution is -2.60. The molecular weight excluding hydrogens is 1060 g/mol. The summed E-state index contributed by atoms with van der Waals surface area (Å²) in [5.41, 5.74) is 6.06. The summed E-state index contributed by atoms with van der Waals surface area (Å²) >= 11 is 0. The SMILES string of the molecule is Cc1cc(F)c(Nc2nc(-c3ccc4c(c3)N(C3CC(N5CCCCC5)C3)C(=O)C43CCN(C(=O)C4CN(CC5CCN(c6cccc7c6C(=O)N(C6CCC(=O)NC6=O)C7=O)C5)C4)CC3)cc3ncn(C(C)C)c23)cc1C(=O)NC(C)C. The van der Waals surface area contributed by atoms with Gasteiger partial charge in [0.25, 0.3) is 17.7 Å². The Bertz CT molecular complexity index is 3520. The van der Waals surface area contributed by atoms with Gasteiger partial charge in [-0.05, 0) is 153 Å². The van der Waals surface area contributed by atoms with Crippen LogP contribution in [0.25, 0.3) is 22.3 Å². The Morgan fingerprint density at radius 3 is 2.34 bits per heavy atom. The molecule has 9 heterocycles. The molecule has 7 amide bonds. The van der Waals surface area contributed by atoms with E-state index in [9.17, 15) is 28.8 Å². The van der Waals surface area contributed by atoms with Crippen molar-refractivity contribution in [2.75, 3.05) is 74.0 Å². The summed E-state index contributed by atoms with van der Waals surface area (Å²) in [6, 6.07) is 15.7. The number of nitrogens with one attached hydrogen (secondary N) is 3. The summed E-state index contributed by atoms with van der Waals surface area (Å²) in [5.74, 6) is -2.13. The number of carbonyl (C=O) groups excluding carboxylic acids is 7. The number of benzene rings is 3. The van der Waals surface area contributed by atoms with E-state index >= 15 is 9.18 Å². The average Bonchev–Trinajstić information content (AvgIpc) is 2.04. The number of pyridine rings is 1. The first kappa shape index (κ1) is 54.7. The quantitative estimate of drug-likeness (QED) is 0.101. The first-order valence-electron chi connectivity index (χ1n) is 30.0. The van der Waals surface area contributed by atoms with Gasteiger partial charge in [-0.1, -0.05) is 24.6 Å². The Kier molecular flexibility index (Phi) is 14.0. The van der Waals surface area contributed by atoms with E-state index in [0.717, 1.165) is 60.6 Å². The Hall–Kier alpha value is -7.58. The molecule has 5 aromatic rings. The third kappa shape index (κ3) is 9.53. The van der Waals surface area contributed by atoms with Crippen LogP contribution in [0.15, 0.2) is 60.9 Å². The van der Waals surface area contributed by atoms with Gasteiger partial charge in [0.2, 0.25) is 23.6 Å². The largest absolute Gasteiger partial charge is 0.371 e. The number of carbonyl (C=O) groups is 7. The number of hydrogen-bond acceptors (Lipinski definition) is 13. The molecule has 6 fully saturated rings.